The van der Waals surface area contributed by atoms with Gasteiger partial charge in [0.2, 0.25) is 0 Å². The van der Waals surface area contributed by atoms with Crippen LogP contribution < -0.4 is 15.4 Å². The predicted molar refractivity (Wildman–Crippen MR) is 106 cm³/mol. The summed E-state index contributed by atoms with van der Waals surface area (Å²) in [6.45, 7) is 9.78. The lowest BCUT2D eigenvalue weighted by atomic mass is 9.86. The van der Waals surface area contributed by atoms with E-state index in [4.69, 9.17) is 4.74 Å². The van der Waals surface area contributed by atoms with Crippen molar-refractivity contribution in [2.24, 2.45) is 0 Å². The number of rotatable bonds is 8. The third-order valence-electron chi connectivity index (χ3n) is 3.95. The first-order valence-corrected chi connectivity index (χ1v) is 9.02. The molecule has 140 valence electrons. The van der Waals surface area contributed by atoms with Crippen molar-refractivity contribution in [3.63, 3.8) is 0 Å². The zero-order valence-corrected chi connectivity index (χ0v) is 16.1. The number of ether oxygens (including phenoxy) is 1. The molecule has 0 atom stereocenters. The highest BCUT2D eigenvalue weighted by atomic mass is 16.5. The van der Waals surface area contributed by atoms with Crippen LogP contribution in [0.4, 0.5) is 5.82 Å². The average molecular weight is 355 g/mol. The van der Waals surface area contributed by atoms with Gasteiger partial charge in [0, 0.05) is 19.3 Å². The molecule has 5 nitrogen and oxygen atoms in total. The molecule has 1 aromatic carbocycles. The highest BCUT2D eigenvalue weighted by Gasteiger charge is 2.18. The predicted octanol–water partition coefficient (Wildman–Crippen LogP) is 3.68. The molecule has 26 heavy (non-hydrogen) atoms. The second-order valence-electron chi connectivity index (χ2n) is 7.39. The molecule has 0 saturated heterocycles. The molecule has 2 N–H and O–H groups in total. The number of para-hydroxylation sites is 1. The van der Waals surface area contributed by atoms with Crippen LogP contribution in [0.2, 0.25) is 0 Å². The molecule has 1 heterocycles. The van der Waals surface area contributed by atoms with Crippen LogP contribution in [0.25, 0.3) is 0 Å². The molecule has 2 aromatic rings. The molecule has 0 aliphatic heterocycles. The summed E-state index contributed by atoms with van der Waals surface area (Å²) in [4.78, 5) is 16.3. The number of aryl methyl sites for hydroxylation is 1. The maximum Gasteiger partial charge on any atom is 0.257 e. The summed E-state index contributed by atoms with van der Waals surface area (Å²) in [6, 6.07) is 11.8. The molecular weight excluding hydrogens is 326 g/mol. The van der Waals surface area contributed by atoms with Crippen LogP contribution in [-0.4, -0.2) is 30.6 Å². The summed E-state index contributed by atoms with van der Waals surface area (Å²) in [5, 5.41) is 6.12. The first kappa shape index (κ1) is 19.8. The lowest BCUT2D eigenvalue weighted by Gasteiger charge is -2.22. The van der Waals surface area contributed by atoms with Crippen LogP contribution in [0, 0.1) is 6.92 Å². The number of nitrogens with one attached hydrogen (secondary N) is 2. The number of amides is 1. The Morgan fingerprint density at radius 3 is 2.58 bits per heavy atom. The van der Waals surface area contributed by atoms with E-state index in [9.17, 15) is 4.79 Å². The van der Waals surface area contributed by atoms with Gasteiger partial charge in [0.1, 0.15) is 11.6 Å². The Labute approximate surface area is 156 Å². The fraction of sp³-hybridized carbons (Fsp3) is 0.429. The molecule has 0 spiro atoms. The molecule has 0 radical (unpaired) electrons. The molecule has 5 heteroatoms. The molecule has 2 rings (SSSR count). The van der Waals surface area contributed by atoms with Crippen molar-refractivity contribution in [3.8, 4) is 5.75 Å². The summed E-state index contributed by atoms with van der Waals surface area (Å²) in [6.07, 6.45) is 2.65. The van der Waals surface area contributed by atoms with Crippen LogP contribution in [0.5, 0.6) is 5.75 Å². The van der Waals surface area contributed by atoms with Gasteiger partial charge in [-0.05, 0) is 42.0 Å². The van der Waals surface area contributed by atoms with E-state index in [1.165, 1.54) is 0 Å². The minimum atomic E-state index is -0.109. The third-order valence-corrected chi connectivity index (χ3v) is 3.95. The van der Waals surface area contributed by atoms with Gasteiger partial charge < -0.3 is 15.4 Å². The summed E-state index contributed by atoms with van der Waals surface area (Å²) in [7, 11) is 0. The summed E-state index contributed by atoms with van der Waals surface area (Å²) >= 11 is 0. The van der Waals surface area contributed by atoms with E-state index < -0.39 is 0 Å². The number of hydrogen-bond acceptors (Lipinski definition) is 4. The topological polar surface area (TPSA) is 63.2 Å². The van der Waals surface area contributed by atoms with Crippen molar-refractivity contribution in [2.45, 2.75) is 39.5 Å². The Kier molecular flexibility index (Phi) is 7.01. The Morgan fingerprint density at radius 1 is 1.12 bits per heavy atom. The normalized spacial score (nSPS) is 11.1. The zero-order chi connectivity index (χ0) is 19.0. The maximum absolute atomic E-state index is 12.0. The van der Waals surface area contributed by atoms with Gasteiger partial charge >= 0.3 is 0 Å². The van der Waals surface area contributed by atoms with Crippen molar-refractivity contribution in [2.75, 3.05) is 25.0 Å². The number of nitrogens with zero attached hydrogens (tertiary/aromatic N) is 1. The molecule has 0 aliphatic carbocycles. The van der Waals surface area contributed by atoms with E-state index in [-0.39, 0.29) is 17.9 Å². The quantitative estimate of drug-likeness (QED) is 0.709. The van der Waals surface area contributed by atoms with E-state index in [1.807, 2.05) is 49.5 Å². The van der Waals surface area contributed by atoms with Crippen LogP contribution in [0.15, 0.2) is 42.6 Å². The van der Waals surface area contributed by atoms with Gasteiger partial charge in [-0.25, -0.2) is 4.98 Å². The summed E-state index contributed by atoms with van der Waals surface area (Å²) in [5.74, 6) is 1.51. The molecule has 1 amide bonds. The van der Waals surface area contributed by atoms with Crippen LogP contribution in [0.3, 0.4) is 0 Å². The van der Waals surface area contributed by atoms with Crippen molar-refractivity contribution in [1.29, 1.82) is 0 Å². The SMILES string of the molecule is Cc1ccc(NCCCNC(=O)COc2ccccc2C(C)(C)C)nc1. The lowest BCUT2D eigenvalue weighted by molar-refractivity contribution is -0.123. The molecule has 0 saturated carbocycles. The second kappa shape index (κ2) is 9.22. The summed E-state index contributed by atoms with van der Waals surface area (Å²) in [5.41, 5.74) is 2.21. The van der Waals surface area contributed by atoms with Crippen molar-refractivity contribution in [1.82, 2.24) is 10.3 Å². The summed E-state index contributed by atoms with van der Waals surface area (Å²) < 4.78 is 5.73. The Bertz CT molecular complexity index is 706. The number of hydrogen-bond donors (Lipinski definition) is 2. The monoisotopic (exact) mass is 355 g/mol. The minimum Gasteiger partial charge on any atom is -0.483 e. The van der Waals surface area contributed by atoms with Crippen molar-refractivity contribution >= 4 is 11.7 Å². The van der Waals surface area contributed by atoms with E-state index in [2.05, 4.69) is 36.4 Å². The van der Waals surface area contributed by atoms with Gasteiger partial charge in [-0.3, -0.25) is 4.79 Å². The number of benzene rings is 1. The highest BCUT2D eigenvalue weighted by Crippen LogP contribution is 2.30. The smallest absolute Gasteiger partial charge is 0.257 e. The van der Waals surface area contributed by atoms with Gasteiger partial charge in [-0.1, -0.05) is 45.0 Å². The second-order valence-corrected chi connectivity index (χ2v) is 7.39. The number of carbonyl (C=O) groups excluding carboxylic acids is 1. The van der Waals surface area contributed by atoms with Gasteiger partial charge in [-0.15, -0.1) is 0 Å². The Balaban J connectivity index is 1.67. The van der Waals surface area contributed by atoms with E-state index >= 15 is 0 Å². The van der Waals surface area contributed by atoms with Crippen molar-refractivity contribution < 1.29 is 9.53 Å². The fourth-order valence-electron chi connectivity index (χ4n) is 2.51. The first-order valence-electron chi connectivity index (χ1n) is 9.02. The molecule has 0 unspecified atom stereocenters. The van der Waals surface area contributed by atoms with Crippen LogP contribution in [0.1, 0.15) is 38.3 Å². The van der Waals surface area contributed by atoms with Crippen molar-refractivity contribution in [3.05, 3.63) is 53.7 Å². The lowest BCUT2D eigenvalue weighted by Crippen LogP contribution is -2.31. The third kappa shape index (κ3) is 6.39. The molecule has 0 bridgehead atoms. The largest absolute Gasteiger partial charge is 0.483 e. The van der Waals surface area contributed by atoms with E-state index in [1.54, 1.807) is 0 Å². The number of anilines is 1. The number of aromatic nitrogens is 1. The molecule has 0 aliphatic rings. The molecule has 1 aromatic heterocycles. The van der Waals surface area contributed by atoms with E-state index in [0.717, 1.165) is 35.7 Å². The first-order chi connectivity index (χ1) is 12.4. The average Bonchev–Trinajstić information content (AvgIpc) is 2.61. The maximum atomic E-state index is 12.0. The Morgan fingerprint density at radius 2 is 1.88 bits per heavy atom. The number of carbonyl (C=O) groups is 1. The zero-order valence-electron chi connectivity index (χ0n) is 16.1. The van der Waals surface area contributed by atoms with Crippen LogP contribution >= 0.6 is 0 Å². The Hall–Kier alpha value is -2.56. The molecule has 0 fully saturated rings. The van der Waals surface area contributed by atoms with Gasteiger partial charge in [0.05, 0.1) is 0 Å². The molecular formula is C21H29N3O2. The van der Waals surface area contributed by atoms with Gasteiger partial charge in [0.15, 0.2) is 6.61 Å². The van der Waals surface area contributed by atoms with Gasteiger partial charge in [0.25, 0.3) is 5.91 Å². The van der Waals surface area contributed by atoms with Crippen LogP contribution in [-0.2, 0) is 10.2 Å². The number of pyridine rings is 1. The van der Waals surface area contributed by atoms with E-state index in [0.29, 0.717) is 6.54 Å². The standard InChI is InChI=1S/C21H29N3O2/c1-16-10-11-19(24-14-16)22-12-7-13-23-20(25)15-26-18-9-6-5-8-17(18)21(2,3)4/h5-6,8-11,14H,7,12-13,15H2,1-4H3,(H,22,24)(H,23,25). The fourth-order valence-corrected chi connectivity index (χ4v) is 2.51. The highest BCUT2D eigenvalue weighted by molar-refractivity contribution is 5.77. The minimum absolute atomic E-state index is 0.0250. The van der Waals surface area contributed by atoms with Gasteiger partial charge in [-0.2, -0.15) is 0 Å².